The molecule has 0 radical (unpaired) electrons. The molecular formula is C27H18Br2N4O6. The third kappa shape index (κ3) is 6.92. The largest absolute Gasteiger partial charge is 0.506 e. The van der Waals surface area contributed by atoms with E-state index in [0.717, 1.165) is 11.1 Å². The van der Waals surface area contributed by atoms with Gasteiger partial charge in [-0.3, -0.25) is 30.2 Å². The molecule has 0 aliphatic heterocycles. The second kappa shape index (κ2) is 12.0. The van der Waals surface area contributed by atoms with Gasteiger partial charge in [-0.05, 0) is 96.9 Å². The van der Waals surface area contributed by atoms with Crippen LogP contribution in [0.5, 0.6) is 11.5 Å². The van der Waals surface area contributed by atoms with E-state index in [1.807, 2.05) is 0 Å². The van der Waals surface area contributed by atoms with Crippen molar-refractivity contribution in [1.82, 2.24) is 0 Å². The van der Waals surface area contributed by atoms with E-state index >= 15 is 0 Å². The van der Waals surface area contributed by atoms with Gasteiger partial charge in [0.2, 0.25) is 0 Å². The van der Waals surface area contributed by atoms with Crippen LogP contribution < -0.4 is 0 Å². The normalized spacial score (nSPS) is 11.3. The van der Waals surface area contributed by atoms with Gasteiger partial charge in [0.15, 0.2) is 0 Å². The van der Waals surface area contributed by atoms with E-state index in [2.05, 4.69) is 41.8 Å². The molecule has 0 atom stereocenters. The Morgan fingerprint density at radius 2 is 1.08 bits per heavy atom. The lowest BCUT2D eigenvalue weighted by molar-refractivity contribution is -0.385. The van der Waals surface area contributed by atoms with Gasteiger partial charge in [0.05, 0.1) is 18.8 Å². The van der Waals surface area contributed by atoms with Crippen LogP contribution in [0.3, 0.4) is 0 Å². The van der Waals surface area contributed by atoms with E-state index in [1.165, 1.54) is 24.6 Å². The Morgan fingerprint density at radius 3 is 1.44 bits per heavy atom. The minimum absolute atomic E-state index is 0.0654. The van der Waals surface area contributed by atoms with Crippen LogP contribution in [0.15, 0.2) is 91.7 Å². The zero-order valence-corrected chi connectivity index (χ0v) is 23.0. The number of rotatable bonds is 8. The van der Waals surface area contributed by atoms with Crippen LogP contribution in [-0.4, -0.2) is 32.5 Å². The Morgan fingerprint density at radius 1 is 0.667 bits per heavy atom. The standard InChI is InChI=1S/C27H18Br2N4O6/c28-20-5-1-18(10-24(20)32(36)37)14-30-22-7-3-16(12-26(22)34)9-17-4-8-23(27(35)13-17)31-15-19-2-6-21(29)25(11-19)33(38)39/h1-8,10-15,34-35H,9H2. The van der Waals surface area contributed by atoms with Crippen LogP contribution in [0.25, 0.3) is 0 Å². The molecule has 0 amide bonds. The number of aliphatic imine (C=N–C) groups is 2. The molecule has 196 valence electrons. The van der Waals surface area contributed by atoms with Crippen molar-refractivity contribution in [3.8, 4) is 11.5 Å². The van der Waals surface area contributed by atoms with Gasteiger partial charge in [-0.2, -0.15) is 0 Å². The number of nitro benzene ring substituents is 2. The molecule has 0 heterocycles. The number of halogens is 2. The van der Waals surface area contributed by atoms with Crippen molar-refractivity contribution >= 4 is 67.0 Å². The first-order valence-corrected chi connectivity index (χ1v) is 12.8. The lowest BCUT2D eigenvalue weighted by atomic mass is 10.0. The van der Waals surface area contributed by atoms with Gasteiger partial charge >= 0.3 is 0 Å². The Kier molecular flexibility index (Phi) is 8.47. The molecule has 4 aromatic carbocycles. The zero-order valence-electron chi connectivity index (χ0n) is 19.9. The molecule has 4 rings (SSSR count). The van der Waals surface area contributed by atoms with Crippen molar-refractivity contribution in [1.29, 1.82) is 0 Å². The minimum Gasteiger partial charge on any atom is -0.506 e. The molecule has 0 saturated heterocycles. The zero-order chi connectivity index (χ0) is 28.1. The van der Waals surface area contributed by atoms with Gasteiger partial charge in [0.1, 0.15) is 22.9 Å². The molecular weight excluding hydrogens is 636 g/mol. The monoisotopic (exact) mass is 652 g/mol. The summed E-state index contributed by atoms with van der Waals surface area (Å²) in [5.41, 5.74) is 2.96. The van der Waals surface area contributed by atoms with Crippen molar-refractivity contribution < 1.29 is 20.1 Å². The molecule has 0 aromatic heterocycles. The van der Waals surface area contributed by atoms with Crippen LogP contribution >= 0.6 is 31.9 Å². The molecule has 10 nitrogen and oxygen atoms in total. The third-order valence-corrected chi connectivity index (χ3v) is 6.87. The quantitative estimate of drug-likeness (QED) is 0.114. The van der Waals surface area contributed by atoms with E-state index in [9.17, 15) is 30.4 Å². The number of nitrogens with zero attached hydrogens (tertiary/aromatic N) is 4. The second-order valence-electron chi connectivity index (χ2n) is 8.28. The van der Waals surface area contributed by atoms with Crippen LogP contribution in [0, 0.1) is 20.2 Å². The Bertz CT molecular complexity index is 1530. The summed E-state index contributed by atoms with van der Waals surface area (Å²) in [5, 5.41) is 43.1. The average Bonchev–Trinajstić information content (AvgIpc) is 2.89. The number of nitro groups is 2. The highest BCUT2D eigenvalue weighted by Gasteiger charge is 2.13. The first kappa shape index (κ1) is 27.6. The van der Waals surface area contributed by atoms with Crippen molar-refractivity contribution in [2.45, 2.75) is 6.42 Å². The van der Waals surface area contributed by atoms with Crippen molar-refractivity contribution in [2.75, 3.05) is 0 Å². The van der Waals surface area contributed by atoms with Crippen LogP contribution in [0.2, 0.25) is 0 Å². The number of phenolic OH excluding ortho intramolecular Hbond substituents is 2. The Labute approximate surface area is 238 Å². The molecule has 4 aromatic rings. The maximum atomic E-state index is 11.1. The first-order valence-electron chi connectivity index (χ1n) is 11.2. The van der Waals surface area contributed by atoms with Crippen molar-refractivity contribution in [2.24, 2.45) is 9.98 Å². The molecule has 0 bridgehead atoms. The van der Waals surface area contributed by atoms with Crippen LogP contribution in [0.4, 0.5) is 22.7 Å². The highest BCUT2D eigenvalue weighted by atomic mass is 79.9. The molecule has 0 aliphatic carbocycles. The van der Waals surface area contributed by atoms with Gasteiger partial charge in [0.25, 0.3) is 11.4 Å². The molecule has 39 heavy (non-hydrogen) atoms. The number of hydrogen-bond donors (Lipinski definition) is 2. The number of hydrogen-bond acceptors (Lipinski definition) is 8. The van der Waals surface area contributed by atoms with Crippen molar-refractivity contribution in [3.05, 3.63) is 124 Å². The number of benzene rings is 4. The molecule has 0 saturated carbocycles. The summed E-state index contributed by atoms with van der Waals surface area (Å²) in [6, 6.07) is 19.1. The number of aromatic hydroxyl groups is 2. The fourth-order valence-corrected chi connectivity index (χ4v) is 4.38. The summed E-state index contributed by atoms with van der Waals surface area (Å²) in [4.78, 5) is 29.7. The second-order valence-corrected chi connectivity index (χ2v) is 9.98. The fourth-order valence-electron chi connectivity index (χ4n) is 3.60. The summed E-state index contributed by atoms with van der Waals surface area (Å²) in [6.45, 7) is 0. The molecule has 2 N–H and O–H groups in total. The summed E-state index contributed by atoms with van der Waals surface area (Å²) in [5.74, 6) is -0.131. The van der Waals surface area contributed by atoms with Gasteiger partial charge in [-0.1, -0.05) is 24.3 Å². The fraction of sp³-hybridized carbons (Fsp3) is 0.0370. The van der Waals surface area contributed by atoms with Crippen LogP contribution in [0.1, 0.15) is 22.3 Å². The maximum Gasteiger partial charge on any atom is 0.284 e. The minimum atomic E-state index is -0.499. The SMILES string of the molecule is O=[N+]([O-])c1cc(C=Nc2ccc(Cc3ccc(N=Cc4ccc(Br)c([N+](=O)[O-])c4)c(O)c3)cc2O)ccc1Br. The molecule has 12 heteroatoms. The van der Waals surface area contributed by atoms with E-state index in [0.29, 0.717) is 37.9 Å². The van der Waals surface area contributed by atoms with Crippen LogP contribution in [-0.2, 0) is 6.42 Å². The Hall–Kier alpha value is -4.42. The lowest BCUT2D eigenvalue weighted by Gasteiger charge is -2.07. The Balaban J connectivity index is 1.46. The van der Waals surface area contributed by atoms with E-state index in [-0.39, 0.29) is 22.9 Å². The average molecular weight is 654 g/mol. The lowest BCUT2D eigenvalue weighted by Crippen LogP contribution is -1.92. The summed E-state index contributed by atoms with van der Waals surface area (Å²) >= 11 is 6.28. The third-order valence-electron chi connectivity index (χ3n) is 5.53. The molecule has 0 aliphatic rings. The number of phenols is 2. The van der Waals surface area contributed by atoms with Gasteiger partial charge < -0.3 is 10.2 Å². The highest BCUT2D eigenvalue weighted by molar-refractivity contribution is 9.11. The molecule has 0 unspecified atom stereocenters. The summed E-state index contributed by atoms with van der Waals surface area (Å²) in [7, 11) is 0. The van der Waals surface area contributed by atoms with Gasteiger partial charge in [-0.15, -0.1) is 0 Å². The topological polar surface area (TPSA) is 151 Å². The first-order chi connectivity index (χ1) is 18.6. The summed E-state index contributed by atoms with van der Waals surface area (Å²) in [6.07, 6.45) is 3.27. The smallest absolute Gasteiger partial charge is 0.284 e. The predicted molar refractivity (Wildman–Crippen MR) is 155 cm³/mol. The predicted octanol–water partition coefficient (Wildman–Crippen LogP) is 7.53. The maximum absolute atomic E-state index is 11.1. The molecule has 0 fully saturated rings. The van der Waals surface area contributed by atoms with E-state index in [1.54, 1.807) is 60.7 Å². The highest BCUT2D eigenvalue weighted by Crippen LogP contribution is 2.32. The van der Waals surface area contributed by atoms with E-state index in [4.69, 9.17) is 0 Å². The van der Waals surface area contributed by atoms with Gasteiger partial charge in [-0.25, -0.2) is 0 Å². The van der Waals surface area contributed by atoms with E-state index < -0.39 is 9.85 Å². The van der Waals surface area contributed by atoms with Gasteiger partial charge in [0, 0.05) is 24.6 Å². The molecule has 0 spiro atoms. The van der Waals surface area contributed by atoms with Crippen molar-refractivity contribution in [3.63, 3.8) is 0 Å². The summed E-state index contributed by atoms with van der Waals surface area (Å²) < 4.78 is 0.720.